The van der Waals surface area contributed by atoms with E-state index in [9.17, 15) is 9.50 Å². The van der Waals surface area contributed by atoms with Gasteiger partial charge in [0.25, 0.3) is 0 Å². The Morgan fingerprint density at radius 3 is 2.69 bits per heavy atom. The fourth-order valence-corrected chi connectivity index (χ4v) is 2.09. The third-order valence-electron chi connectivity index (χ3n) is 2.77. The average Bonchev–Trinajstić information content (AvgIpc) is 2.96. The van der Waals surface area contributed by atoms with Gasteiger partial charge in [-0.15, -0.1) is 12.4 Å². The van der Waals surface area contributed by atoms with Crippen LogP contribution in [-0.4, -0.2) is 5.11 Å². The van der Waals surface area contributed by atoms with Crippen LogP contribution in [0.4, 0.5) is 4.39 Å². The van der Waals surface area contributed by atoms with Gasteiger partial charge in [0.2, 0.25) is 0 Å². The fourth-order valence-electron chi connectivity index (χ4n) is 1.74. The van der Waals surface area contributed by atoms with E-state index in [1.54, 1.807) is 0 Å². The molecule has 0 bridgehead atoms. The smallest absolute Gasteiger partial charge is 0.137 e. The maximum atomic E-state index is 13.5. The van der Waals surface area contributed by atoms with Gasteiger partial charge in [-0.05, 0) is 40.4 Å². The number of halogens is 3. The summed E-state index contributed by atoms with van der Waals surface area (Å²) in [6.07, 6.45) is 3.09. The lowest BCUT2D eigenvalue weighted by Crippen LogP contribution is -2.13. The van der Waals surface area contributed by atoms with Gasteiger partial charge in [-0.1, -0.05) is 12.8 Å². The van der Waals surface area contributed by atoms with Crippen molar-refractivity contribution in [2.45, 2.75) is 25.3 Å². The summed E-state index contributed by atoms with van der Waals surface area (Å²) in [7, 11) is 0. The first-order chi connectivity index (χ1) is 7.09. The van der Waals surface area contributed by atoms with Crippen molar-refractivity contribution in [1.29, 1.82) is 0 Å². The van der Waals surface area contributed by atoms with Crippen LogP contribution in [0.25, 0.3) is 0 Å². The van der Waals surface area contributed by atoms with Crippen LogP contribution in [0, 0.1) is 11.7 Å². The topological polar surface area (TPSA) is 46.2 Å². The van der Waals surface area contributed by atoms with Crippen molar-refractivity contribution >= 4 is 28.3 Å². The Labute approximate surface area is 109 Å². The van der Waals surface area contributed by atoms with Gasteiger partial charge >= 0.3 is 0 Å². The van der Waals surface area contributed by atoms with Crippen molar-refractivity contribution in [3.8, 4) is 5.75 Å². The average molecular weight is 311 g/mol. The molecule has 1 aliphatic rings. The highest BCUT2D eigenvalue weighted by Gasteiger charge is 2.27. The minimum absolute atomic E-state index is 0. The SMILES string of the molecule is Cl.N[C@@H](CC1CC1)c1c(F)ccc(Br)c1O. The van der Waals surface area contributed by atoms with Crippen molar-refractivity contribution in [1.82, 2.24) is 0 Å². The molecule has 1 atom stereocenters. The number of hydrogen-bond donors (Lipinski definition) is 2. The summed E-state index contributed by atoms with van der Waals surface area (Å²) in [5.41, 5.74) is 6.12. The van der Waals surface area contributed by atoms with Crippen molar-refractivity contribution in [2.24, 2.45) is 11.7 Å². The van der Waals surface area contributed by atoms with Crippen molar-refractivity contribution in [3.63, 3.8) is 0 Å². The summed E-state index contributed by atoms with van der Waals surface area (Å²) >= 11 is 3.16. The molecular weight excluding hydrogens is 296 g/mol. The first-order valence-corrected chi connectivity index (χ1v) is 5.81. The van der Waals surface area contributed by atoms with E-state index in [0.717, 1.165) is 6.42 Å². The van der Waals surface area contributed by atoms with E-state index >= 15 is 0 Å². The number of hydrogen-bond acceptors (Lipinski definition) is 2. The molecule has 0 unspecified atom stereocenters. The van der Waals surface area contributed by atoms with Crippen LogP contribution in [0.3, 0.4) is 0 Å². The molecule has 0 heterocycles. The van der Waals surface area contributed by atoms with Gasteiger partial charge < -0.3 is 10.8 Å². The molecule has 16 heavy (non-hydrogen) atoms. The molecule has 0 radical (unpaired) electrons. The highest BCUT2D eigenvalue weighted by Crippen LogP contribution is 2.40. The molecule has 3 N–H and O–H groups in total. The Kier molecular flexibility index (Phi) is 4.59. The first-order valence-electron chi connectivity index (χ1n) is 5.02. The zero-order valence-electron chi connectivity index (χ0n) is 8.62. The monoisotopic (exact) mass is 309 g/mol. The Morgan fingerprint density at radius 1 is 1.50 bits per heavy atom. The molecule has 2 rings (SSSR count). The maximum Gasteiger partial charge on any atom is 0.137 e. The van der Waals surface area contributed by atoms with Crippen molar-refractivity contribution in [2.75, 3.05) is 0 Å². The van der Waals surface area contributed by atoms with Crippen LogP contribution >= 0.6 is 28.3 Å². The summed E-state index contributed by atoms with van der Waals surface area (Å²) in [6, 6.07) is 2.40. The Balaban J connectivity index is 0.00000128. The van der Waals surface area contributed by atoms with Crippen LogP contribution in [0.2, 0.25) is 0 Å². The lowest BCUT2D eigenvalue weighted by atomic mass is 10.0. The molecule has 90 valence electrons. The van der Waals surface area contributed by atoms with Crippen molar-refractivity contribution < 1.29 is 9.50 Å². The number of aromatic hydroxyl groups is 1. The third-order valence-corrected chi connectivity index (χ3v) is 3.41. The Morgan fingerprint density at radius 2 is 2.12 bits per heavy atom. The van der Waals surface area contributed by atoms with Gasteiger partial charge in [0, 0.05) is 11.6 Å². The zero-order valence-corrected chi connectivity index (χ0v) is 11.0. The van der Waals surface area contributed by atoms with Crippen LogP contribution in [0.5, 0.6) is 5.75 Å². The minimum atomic E-state index is -0.427. The molecule has 1 saturated carbocycles. The van der Waals surface area contributed by atoms with Gasteiger partial charge in [-0.25, -0.2) is 4.39 Å². The van der Waals surface area contributed by atoms with Crippen molar-refractivity contribution in [3.05, 3.63) is 28.0 Å². The number of phenolic OH excluding ortho intramolecular Hbond substituents is 1. The van der Waals surface area contributed by atoms with E-state index in [1.807, 2.05) is 0 Å². The summed E-state index contributed by atoms with van der Waals surface area (Å²) in [5, 5.41) is 9.72. The van der Waals surface area contributed by atoms with Crippen LogP contribution in [0.1, 0.15) is 30.9 Å². The third kappa shape index (κ3) is 2.87. The number of phenols is 1. The van der Waals surface area contributed by atoms with Crippen LogP contribution < -0.4 is 5.73 Å². The van der Waals surface area contributed by atoms with Gasteiger partial charge in [0.15, 0.2) is 0 Å². The predicted octanol–water partition coefficient (Wildman–Crippen LogP) is 3.52. The van der Waals surface area contributed by atoms with E-state index in [4.69, 9.17) is 5.73 Å². The van der Waals surface area contributed by atoms with E-state index in [1.165, 1.54) is 25.0 Å². The number of nitrogens with two attached hydrogens (primary N) is 1. The molecule has 0 saturated heterocycles. The molecule has 0 amide bonds. The number of benzene rings is 1. The molecule has 2 nitrogen and oxygen atoms in total. The van der Waals surface area contributed by atoms with Gasteiger partial charge in [0.05, 0.1) is 4.47 Å². The van der Waals surface area contributed by atoms with Gasteiger partial charge in [-0.2, -0.15) is 0 Å². The summed E-state index contributed by atoms with van der Waals surface area (Å²) < 4.78 is 14.0. The molecule has 1 aromatic rings. The highest BCUT2D eigenvalue weighted by molar-refractivity contribution is 9.10. The molecule has 0 aromatic heterocycles. The standard InChI is InChI=1S/C11H13BrFNO.ClH/c12-7-3-4-8(13)10(11(7)15)9(14)5-6-1-2-6;/h3-4,6,9,15H,1-2,5,14H2;1H/t9-;/m0./s1. The lowest BCUT2D eigenvalue weighted by Gasteiger charge is -2.14. The summed E-state index contributed by atoms with van der Waals surface area (Å²) in [5.74, 6) is 0.116. The summed E-state index contributed by atoms with van der Waals surface area (Å²) in [4.78, 5) is 0. The molecule has 0 aliphatic heterocycles. The van der Waals surface area contributed by atoms with E-state index < -0.39 is 11.9 Å². The second-order valence-corrected chi connectivity index (χ2v) is 4.93. The molecule has 5 heteroatoms. The molecule has 1 aromatic carbocycles. The van der Waals surface area contributed by atoms with E-state index in [-0.39, 0.29) is 23.7 Å². The first kappa shape index (κ1) is 13.7. The van der Waals surface area contributed by atoms with E-state index in [0.29, 0.717) is 10.4 Å². The Bertz CT molecular complexity index is 384. The van der Waals surface area contributed by atoms with E-state index in [2.05, 4.69) is 15.9 Å². The maximum absolute atomic E-state index is 13.5. The zero-order chi connectivity index (χ0) is 11.0. The molecular formula is C11H14BrClFNO. The highest BCUT2D eigenvalue weighted by atomic mass is 79.9. The van der Waals surface area contributed by atoms with Gasteiger partial charge in [0.1, 0.15) is 11.6 Å². The fraction of sp³-hybridized carbons (Fsp3) is 0.455. The quantitative estimate of drug-likeness (QED) is 0.897. The largest absolute Gasteiger partial charge is 0.506 e. The molecule has 0 spiro atoms. The second kappa shape index (κ2) is 5.34. The normalized spacial score (nSPS) is 16.7. The predicted molar refractivity (Wildman–Crippen MR) is 67.3 cm³/mol. The van der Waals surface area contributed by atoms with Gasteiger partial charge in [-0.3, -0.25) is 0 Å². The molecule has 1 fully saturated rings. The van der Waals surface area contributed by atoms with Crippen LogP contribution in [-0.2, 0) is 0 Å². The van der Waals surface area contributed by atoms with Crippen LogP contribution in [0.15, 0.2) is 16.6 Å². The molecule has 1 aliphatic carbocycles. The number of rotatable bonds is 3. The summed E-state index contributed by atoms with van der Waals surface area (Å²) in [6.45, 7) is 0. The lowest BCUT2D eigenvalue weighted by molar-refractivity contribution is 0.438. The minimum Gasteiger partial charge on any atom is -0.506 e. The Hall–Kier alpha value is -0.320. The second-order valence-electron chi connectivity index (χ2n) is 4.08.